The smallest absolute Gasteiger partial charge is 0.164 e. The van der Waals surface area contributed by atoms with Crippen molar-refractivity contribution in [3.8, 4) is 67.5 Å². The second-order valence-electron chi connectivity index (χ2n) is 15.6. The maximum atomic E-state index is 5.11. The molecule has 10 aromatic carbocycles. The summed E-state index contributed by atoms with van der Waals surface area (Å²) in [7, 11) is 0. The van der Waals surface area contributed by atoms with Crippen LogP contribution in [-0.2, 0) is 0 Å². The quantitative estimate of drug-likeness (QED) is 0.157. The molecule has 0 aliphatic rings. The van der Waals surface area contributed by atoms with Crippen LogP contribution >= 0.6 is 11.3 Å². The fraction of sp³-hybridized carbons (Fsp3) is 0. The Morgan fingerprint density at radius 2 is 0.525 bits per heavy atom. The molecule has 0 spiro atoms. The first-order valence-electron chi connectivity index (χ1n) is 20.6. The van der Waals surface area contributed by atoms with Gasteiger partial charge in [-0.05, 0) is 83.9 Å². The summed E-state index contributed by atoms with van der Waals surface area (Å²) in [5.41, 5.74) is 10.0. The Hall–Kier alpha value is -7.79. The van der Waals surface area contributed by atoms with Gasteiger partial charge in [-0.25, -0.2) is 15.0 Å². The van der Waals surface area contributed by atoms with E-state index in [0.717, 1.165) is 27.8 Å². The van der Waals surface area contributed by atoms with Crippen LogP contribution in [0.1, 0.15) is 0 Å². The molecule has 12 aromatic rings. The van der Waals surface area contributed by atoms with E-state index in [9.17, 15) is 0 Å². The van der Waals surface area contributed by atoms with Crippen LogP contribution in [0.3, 0.4) is 0 Å². The highest BCUT2D eigenvalue weighted by Gasteiger charge is 2.16. The lowest BCUT2D eigenvalue weighted by Gasteiger charge is -2.12. The van der Waals surface area contributed by atoms with E-state index in [1.165, 1.54) is 74.7 Å². The Morgan fingerprint density at radius 1 is 0.213 bits per heavy atom. The minimum Gasteiger partial charge on any atom is -0.208 e. The molecule has 2 aromatic heterocycles. The topological polar surface area (TPSA) is 38.7 Å². The van der Waals surface area contributed by atoms with Crippen molar-refractivity contribution in [3.05, 3.63) is 212 Å². The molecule has 3 nitrogen and oxygen atoms in total. The number of benzene rings is 10. The van der Waals surface area contributed by atoms with Gasteiger partial charge in [0.15, 0.2) is 17.5 Å². The van der Waals surface area contributed by atoms with E-state index >= 15 is 0 Å². The summed E-state index contributed by atoms with van der Waals surface area (Å²) in [5.74, 6) is 1.95. The second kappa shape index (κ2) is 14.5. The minimum atomic E-state index is 0.645. The van der Waals surface area contributed by atoms with E-state index < -0.39 is 0 Å². The van der Waals surface area contributed by atoms with Crippen LogP contribution in [0.4, 0.5) is 0 Å². The molecule has 61 heavy (non-hydrogen) atoms. The Balaban J connectivity index is 0.905. The average molecular weight is 794 g/mol. The summed E-state index contributed by atoms with van der Waals surface area (Å²) in [6.07, 6.45) is 0. The van der Waals surface area contributed by atoms with Crippen LogP contribution in [0.25, 0.3) is 120 Å². The monoisotopic (exact) mass is 793 g/mol. The number of aromatic nitrogens is 3. The standard InChI is InChI=1S/C57H35N3S/c1-3-11-36(12-4-1)37-19-21-38(22-20-37)39-23-25-41(26-24-39)56-58-55(40-13-5-2-6-14-40)59-57(60-56)44-29-32-51-50-31-28-43(34-53(50)61-54(51)35-44)42-27-30-49-47-17-8-7-15-45(47)46-16-9-10-18-48(46)52(49)33-42/h1-35H. The van der Waals surface area contributed by atoms with Gasteiger partial charge >= 0.3 is 0 Å². The van der Waals surface area contributed by atoms with E-state index in [1.54, 1.807) is 0 Å². The molecule has 12 rings (SSSR count). The molecule has 0 saturated carbocycles. The molecular formula is C57H35N3S. The predicted octanol–water partition coefficient (Wildman–Crippen LogP) is 15.7. The molecule has 0 aliphatic heterocycles. The highest BCUT2D eigenvalue weighted by atomic mass is 32.1. The number of nitrogens with zero attached hydrogens (tertiary/aromatic N) is 3. The van der Waals surface area contributed by atoms with Gasteiger partial charge in [0, 0.05) is 36.9 Å². The fourth-order valence-corrected chi connectivity index (χ4v) is 10.0. The average Bonchev–Trinajstić information content (AvgIpc) is 3.72. The van der Waals surface area contributed by atoms with Crippen LogP contribution in [0.5, 0.6) is 0 Å². The Morgan fingerprint density at radius 3 is 1.05 bits per heavy atom. The van der Waals surface area contributed by atoms with Crippen LogP contribution in [-0.4, -0.2) is 15.0 Å². The summed E-state index contributed by atoms with van der Waals surface area (Å²) < 4.78 is 2.45. The fourth-order valence-electron chi connectivity index (χ4n) is 8.83. The molecule has 0 unspecified atom stereocenters. The zero-order chi connectivity index (χ0) is 40.3. The third kappa shape index (κ3) is 6.24. The second-order valence-corrected chi connectivity index (χ2v) is 16.7. The first-order chi connectivity index (χ1) is 30.2. The normalized spacial score (nSPS) is 11.6. The first-order valence-corrected chi connectivity index (χ1v) is 21.4. The number of hydrogen-bond donors (Lipinski definition) is 0. The molecule has 0 saturated heterocycles. The van der Waals surface area contributed by atoms with Gasteiger partial charge in [-0.1, -0.05) is 194 Å². The molecule has 0 N–H and O–H groups in total. The Bertz CT molecular complexity index is 3580. The Labute approximate surface area is 356 Å². The van der Waals surface area contributed by atoms with Crippen molar-refractivity contribution in [3.63, 3.8) is 0 Å². The third-order valence-electron chi connectivity index (χ3n) is 11.9. The predicted molar refractivity (Wildman–Crippen MR) is 258 cm³/mol. The highest BCUT2D eigenvalue weighted by molar-refractivity contribution is 7.25. The van der Waals surface area contributed by atoms with E-state index in [2.05, 4.69) is 188 Å². The number of rotatable bonds is 6. The van der Waals surface area contributed by atoms with Crippen molar-refractivity contribution < 1.29 is 0 Å². The van der Waals surface area contributed by atoms with Gasteiger partial charge < -0.3 is 0 Å². The summed E-state index contributed by atoms with van der Waals surface area (Å²) in [4.78, 5) is 15.2. The number of fused-ring (bicyclic) bond motifs is 9. The van der Waals surface area contributed by atoms with Gasteiger partial charge in [-0.3, -0.25) is 0 Å². The maximum absolute atomic E-state index is 5.11. The van der Waals surface area contributed by atoms with E-state index in [4.69, 9.17) is 15.0 Å². The number of hydrogen-bond acceptors (Lipinski definition) is 4. The highest BCUT2D eigenvalue weighted by Crippen LogP contribution is 2.41. The lowest BCUT2D eigenvalue weighted by atomic mass is 9.92. The van der Waals surface area contributed by atoms with Gasteiger partial charge in [-0.2, -0.15) is 0 Å². The molecule has 4 heteroatoms. The molecule has 2 heterocycles. The van der Waals surface area contributed by atoms with Gasteiger partial charge in [0.25, 0.3) is 0 Å². The lowest BCUT2D eigenvalue weighted by molar-refractivity contribution is 1.07. The van der Waals surface area contributed by atoms with Crippen LogP contribution in [0, 0.1) is 0 Å². The molecule has 0 aliphatic carbocycles. The van der Waals surface area contributed by atoms with Gasteiger partial charge in [0.05, 0.1) is 0 Å². The van der Waals surface area contributed by atoms with E-state index in [-0.39, 0.29) is 0 Å². The van der Waals surface area contributed by atoms with Crippen LogP contribution in [0.15, 0.2) is 212 Å². The maximum Gasteiger partial charge on any atom is 0.164 e. The van der Waals surface area contributed by atoms with Crippen molar-refractivity contribution in [2.24, 2.45) is 0 Å². The summed E-state index contributed by atoms with van der Waals surface area (Å²) in [5, 5.41) is 10.2. The number of thiophene rings is 1. The molecule has 0 bridgehead atoms. The molecular weight excluding hydrogens is 759 g/mol. The van der Waals surface area contributed by atoms with Crippen LogP contribution < -0.4 is 0 Å². The van der Waals surface area contributed by atoms with Gasteiger partial charge in [-0.15, -0.1) is 11.3 Å². The van der Waals surface area contributed by atoms with Crippen molar-refractivity contribution in [1.29, 1.82) is 0 Å². The van der Waals surface area contributed by atoms with Gasteiger partial charge in [0.2, 0.25) is 0 Å². The molecule has 284 valence electrons. The lowest BCUT2D eigenvalue weighted by Crippen LogP contribution is -2.00. The minimum absolute atomic E-state index is 0.645. The summed E-state index contributed by atoms with van der Waals surface area (Å²) in [6, 6.07) is 75.9. The van der Waals surface area contributed by atoms with E-state index in [0.29, 0.717) is 17.5 Å². The molecule has 0 amide bonds. The van der Waals surface area contributed by atoms with Crippen molar-refractivity contribution in [1.82, 2.24) is 15.0 Å². The Kier molecular flexibility index (Phi) is 8.36. The van der Waals surface area contributed by atoms with Gasteiger partial charge in [0.1, 0.15) is 0 Å². The zero-order valence-electron chi connectivity index (χ0n) is 33.0. The molecule has 0 fully saturated rings. The summed E-state index contributed by atoms with van der Waals surface area (Å²) in [6.45, 7) is 0. The van der Waals surface area contributed by atoms with E-state index in [1.807, 2.05) is 35.6 Å². The zero-order valence-corrected chi connectivity index (χ0v) is 33.8. The summed E-state index contributed by atoms with van der Waals surface area (Å²) >= 11 is 1.82. The first kappa shape index (κ1) is 35.2. The van der Waals surface area contributed by atoms with Crippen molar-refractivity contribution >= 4 is 63.8 Å². The largest absolute Gasteiger partial charge is 0.208 e. The van der Waals surface area contributed by atoms with Crippen LogP contribution in [0.2, 0.25) is 0 Å². The molecule has 0 atom stereocenters. The third-order valence-corrected chi connectivity index (χ3v) is 13.1. The molecule has 0 radical (unpaired) electrons. The SMILES string of the molecule is c1ccc(-c2ccc(-c3ccc(-c4nc(-c5ccccc5)nc(-c5ccc6c(c5)sc5cc(-c7ccc8c9ccccc9c9ccccc9c8c7)ccc56)n4)cc3)cc2)cc1. The van der Waals surface area contributed by atoms with Crippen molar-refractivity contribution in [2.75, 3.05) is 0 Å². The van der Waals surface area contributed by atoms with Crippen molar-refractivity contribution in [2.45, 2.75) is 0 Å².